The minimum Gasteiger partial charge on any atom is -0.495 e. The zero-order chi connectivity index (χ0) is 16.5. The molecule has 24 heavy (non-hydrogen) atoms. The quantitative estimate of drug-likeness (QED) is 0.623. The summed E-state index contributed by atoms with van der Waals surface area (Å²) in [4.78, 5) is 4.77. The number of aryl methyl sites for hydroxylation is 1. The molecule has 6 heteroatoms. The summed E-state index contributed by atoms with van der Waals surface area (Å²) < 4.78 is 7.39. The van der Waals surface area contributed by atoms with E-state index in [1.54, 1.807) is 7.11 Å². The lowest BCUT2D eigenvalue weighted by Crippen LogP contribution is -2.06. The van der Waals surface area contributed by atoms with E-state index >= 15 is 0 Å². The number of hydrogen-bond acceptors (Lipinski definition) is 5. The number of nitrogens with zero attached hydrogens (tertiary/aromatic N) is 4. The van der Waals surface area contributed by atoms with Crippen molar-refractivity contribution in [3.8, 4) is 5.75 Å². The van der Waals surface area contributed by atoms with Crippen LogP contribution in [0.1, 0.15) is 12.7 Å². The molecule has 2 heterocycles. The molecular weight excluding hydrogens is 302 g/mol. The molecule has 0 spiro atoms. The van der Waals surface area contributed by atoms with Gasteiger partial charge in [0.2, 0.25) is 5.95 Å². The molecule has 4 aromatic rings. The third-order valence-corrected chi connectivity index (χ3v) is 3.98. The Morgan fingerprint density at radius 2 is 1.83 bits per heavy atom. The van der Waals surface area contributed by atoms with Gasteiger partial charge in [0.1, 0.15) is 11.6 Å². The van der Waals surface area contributed by atoms with Gasteiger partial charge < -0.3 is 10.1 Å². The fraction of sp³-hybridized carbons (Fsp3) is 0.167. The molecule has 0 fully saturated rings. The second kappa shape index (κ2) is 5.81. The van der Waals surface area contributed by atoms with Crippen LogP contribution in [-0.2, 0) is 6.42 Å². The normalized spacial score (nSPS) is 11.1. The molecule has 2 aromatic carbocycles. The summed E-state index contributed by atoms with van der Waals surface area (Å²) in [6, 6.07) is 15.7. The van der Waals surface area contributed by atoms with Crippen LogP contribution >= 0.6 is 0 Å². The lowest BCUT2D eigenvalue weighted by molar-refractivity contribution is 0.417. The molecule has 0 radical (unpaired) electrons. The van der Waals surface area contributed by atoms with Crippen molar-refractivity contribution in [1.29, 1.82) is 0 Å². The van der Waals surface area contributed by atoms with Crippen LogP contribution < -0.4 is 10.1 Å². The van der Waals surface area contributed by atoms with Gasteiger partial charge in [-0.1, -0.05) is 31.2 Å². The maximum absolute atomic E-state index is 5.42. The summed E-state index contributed by atoms with van der Waals surface area (Å²) in [5.74, 6) is 2.29. The standard InChI is InChI=1S/C18H17N5O/c1-3-16-21-22-17-12-8-4-5-9-13(12)19-18(23(16)17)20-14-10-6-7-11-15(14)24-2/h4-11H,3H2,1-2H3,(H,19,20). The van der Waals surface area contributed by atoms with E-state index in [1.807, 2.05) is 52.9 Å². The average molecular weight is 319 g/mol. The van der Waals surface area contributed by atoms with Gasteiger partial charge in [0, 0.05) is 11.8 Å². The second-order valence-corrected chi connectivity index (χ2v) is 5.41. The molecule has 0 aliphatic rings. The van der Waals surface area contributed by atoms with E-state index in [-0.39, 0.29) is 0 Å². The van der Waals surface area contributed by atoms with Gasteiger partial charge in [-0.15, -0.1) is 10.2 Å². The van der Waals surface area contributed by atoms with Crippen LogP contribution in [0.3, 0.4) is 0 Å². The zero-order valence-corrected chi connectivity index (χ0v) is 13.5. The minimum absolute atomic E-state index is 0.676. The van der Waals surface area contributed by atoms with Gasteiger partial charge in [-0.05, 0) is 24.3 Å². The third kappa shape index (κ3) is 2.23. The van der Waals surface area contributed by atoms with Crippen LogP contribution in [0, 0.1) is 0 Å². The number of hydrogen-bond donors (Lipinski definition) is 1. The topological polar surface area (TPSA) is 64.3 Å². The summed E-state index contributed by atoms with van der Waals surface area (Å²) in [6.07, 6.45) is 0.766. The second-order valence-electron chi connectivity index (χ2n) is 5.41. The van der Waals surface area contributed by atoms with Crippen molar-refractivity contribution in [3.05, 3.63) is 54.4 Å². The first-order valence-electron chi connectivity index (χ1n) is 7.84. The van der Waals surface area contributed by atoms with E-state index in [0.717, 1.165) is 40.2 Å². The van der Waals surface area contributed by atoms with Gasteiger partial charge in [-0.2, -0.15) is 0 Å². The van der Waals surface area contributed by atoms with Gasteiger partial charge in [-0.3, -0.25) is 0 Å². The molecule has 2 aromatic heterocycles. The third-order valence-electron chi connectivity index (χ3n) is 3.98. The van der Waals surface area contributed by atoms with Gasteiger partial charge in [0.05, 0.1) is 18.3 Å². The number of aromatic nitrogens is 4. The van der Waals surface area contributed by atoms with Crippen molar-refractivity contribution < 1.29 is 4.74 Å². The van der Waals surface area contributed by atoms with E-state index in [0.29, 0.717) is 5.95 Å². The van der Waals surface area contributed by atoms with Crippen molar-refractivity contribution in [1.82, 2.24) is 19.6 Å². The summed E-state index contributed by atoms with van der Waals surface area (Å²) in [6.45, 7) is 2.05. The number of anilines is 2. The Morgan fingerprint density at radius 1 is 1.04 bits per heavy atom. The largest absolute Gasteiger partial charge is 0.495 e. The van der Waals surface area contributed by atoms with Crippen molar-refractivity contribution in [2.24, 2.45) is 0 Å². The SMILES string of the molecule is CCc1nnc2c3ccccc3nc(Nc3ccccc3OC)n12. The number of ether oxygens (including phenoxy) is 1. The summed E-state index contributed by atoms with van der Waals surface area (Å²) in [7, 11) is 1.65. The molecule has 6 nitrogen and oxygen atoms in total. The van der Waals surface area contributed by atoms with E-state index < -0.39 is 0 Å². The highest BCUT2D eigenvalue weighted by Gasteiger charge is 2.15. The van der Waals surface area contributed by atoms with Crippen LogP contribution in [0.4, 0.5) is 11.6 Å². The summed E-state index contributed by atoms with van der Waals surface area (Å²) in [5, 5.41) is 13.0. The Hall–Kier alpha value is -3.15. The van der Waals surface area contributed by atoms with Crippen LogP contribution in [0.25, 0.3) is 16.6 Å². The predicted octanol–water partition coefficient (Wildman–Crippen LogP) is 3.59. The summed E-state index contributed by atoms with van der Waals surface area (Å²) >= 11 is 0. The van der Waals surface area contributed by atoms with Crippen LogP contribution in [0.2, 0.25) is 0 Å². The van der Waals surface area contributed by atoms with Crippen LogP contribution in [-0.4, -0.2) is 26.7 Å². The van der Waals surface area contributed by atoms with Gasteiger partial charge >= 0.3 is 0 Å². The molecular formula is C18H17N5O. The molecule has 4 rings (SSSR count). The van der Waals surface area contributed by atoms with Crippen molar-refractivity contribution in [3.63, 3.8) is 0 Å². The number of nitrogens with one attached hydrogen (secondary N) is 1. The molecule has 0 saturated carbocycles. The molecule has 0 aliphatic heterocycles. The smallest absolute Gasteiger partial charge is 0.215 e. The first-order chi connectivity index (χ1) is 11.8. The van der Waals surface area contributed by atoms with Crippen LogP contribution in [0.15, 0.2) is 48.5 Å². The van der Waals surface area contributed by atoms with Crippen LogP contribution in [0.5, 0.6) is 5.75 Å². The number of benzene rings is 2. The number of rotatable bonds is 4. The Balaban J connectivity index is 1.97. The van der Waals surface area contributed by atoms with Crippen molar-refractivity contribution in [2.75, 3.05) is 12.4 Å². The van der Waals surface area contributed by atoms with Crippen molar-refractivity contribution in [2.45, 2.75) is 13.3 Å². The molecule has 0 atom stereocenters. The highest BCUT2D eigenvalue weighted by atomic mass is 16.5. The first kappa shape index (κ1) is 14.4. The van der Waals surface area contributed by atoms with Gasteiger partial charge in [0.15, 0.2) is 5.65 Å². The average Bonchev–Trinajstić information content (AvgIpc) is 3.07. The number of para-hydroxylation sites is 3. The lowest BCUT2D eigenvalue weighted by atomic mass is 10.2. The maximum atomic E-state index is 5.42. The molecule has 0 unspecified atom stereocenters. The Kier molecular flexibility index (Phi) is 3.49. The molecule has 0 aliphatic carbocycles. The van der Waals surface area contributed by atoms with E-state index in [1.165, 1.54) is 0 Å². The molecule has 1 N–H and O–H groups in total. The Labute approximate surface area is 139 Å². The van der Waals surface area contributed by atoms with E-state index in [2.05, 4.69) is 22.4 Å². The Morgan fingerprint density at radius 3 is 2.67 bits per heavy atom. The maximum Gasteiger partial charge on any atom is 0.215 e. The highest BCUT2D eigenvalue weighted by molar-refractivity contribution is 5.92. The molecule has 0 bridgehead atoms. The minimum atomic E-state index is 0.676. The van der Waals surface area contributed by atoms with Gasteiger partial charge in [-0.25, -0.2) is 9.38 Å². The Bertz CT molecular complexity index is 1020. The van der Waals surface area contributed by atoms with Crippen molar-refractivity contribution >= 4 is 28.2 Å². The van der Waals surface area contributed by atoms with Gasteiger partial charge in [0.25, 0.3) is 0 Å². The molecule has 0 amide bonds. The highest BCUT2D eigenvalue weighted by Crippen LogP contribution is 2.29. The number of methoxy groups -OCH3 is 1. The lowest BCUT2D eigenvalue weighted by Gasteiger charge is -2.13. The van der Waals surface area contributed by atoms with E-state index in [9.17, 15) is 0 Å². The fourth-order valence-corrected chi connectivity index (χ4v) is 2.82. The van der Waals surface area contributed by atoms with E-state index in [4.69, 9.17) is 9.72 Å². The zero-order valence-electron chi connectivity index (χ0n) is 13.5. The first-order valence-corrected chi connectivity index (χ1v) is 7.84. The monoisotopic (exact) mass is 319 g/mol. The molecule has 120 valence electrons. The summed E-state index contributed by atoms with van der Waals surface area (Å²) in [5.41, 5.74) is 2.52. The predicted molar refractivity (Wildman–Crippen MR) is 93.9 cm³/mol. The fourth-order valence-electron chi connectivity index (χ4n) is 2.82. The molecule has 0 saturated heterocycles. The number of fused-ring (bicyclic) bond motifs is 3.